The standard InChI is InChI=1S/C13H16ClN5/c1-13(2)6-8(13)7-19-12(16-17-18-19)11-9(14)4-3-5-10(11)15/h3-5,8H,6-7,15H2,1-2H3. The molecule has 1 unspecified atom stereocenters. The number of nitrogens with two attached hydrogens (primary N) is 1. The Morgan fingerprint density at radius 3 is 2.84 bits per heavy atom. The van der Waals surface area contributed by atoms with Crippen LogP contribution in [0.25, 0.3) is 11.4 Å². The summed E-state index contributed by atoms with van der Waals surface area (Å²) in [5, 5.41) is 12.5. The lowest BCUT2D eigenvalue weighted by molar-refractivity contribution is 0.467. The molecule has 6 heteroatoms. The molecule has 1 saturated carbocycles. The minimum absolute atomic E-state index is 0.384. The molecule has 1 aliphatic carbocycles. The summed E-state index contributed by atoms with van der Waals surface area (Å²) in [4.78, 5) is 0. The molecule has 100 valence electrons. The van der Waals surface area contributed by atoms with Crippen molar-refractivity contribution in [3.63, 3.8) is 0 Å². The van der Waals surface area contributed by atoms with Crippen LogP contribution in [0, 0.1) is 11.3 Å². The van der Waals surface area contributed by atoms with Crippen molar-refractivity contribution >= 4 is 17.3 Å². The summed E-state index contributed by atoms with van der Waals surface area (Å²) in [5.41, 5.74) is 7.68. The first-order chi connectivity index (χ1) is 8.99. The Morgan fingerprint density at radius 1 is 1.47 bits per heavy atom. The minimum Gasteiger partial charge on any atom is -0.398 e. The van der Waals surface area contributed by atoms with Crippen molar-refractivity contribution in [2.75, 3.05) is 5.73 Å². The first-order valence-electron chi connectivity index (χ1n) is 6.29. The van der Waals surface area contributed by atoms with Crippen molar-refractivity contribution in [1.29, 1.82) is 0 Å². The van der Waals surface area contributed by atoms with Crippen LogP contribution in [-0.4, -0.2) is 20.2 Å². The Hall–Kier alpha value is -1.62. The van der Waals surface area contributed by atoms with E-state index in [1.54, 1.807) is 16.8 Å². The molecule has 2 N–H and O–H groups in total. The minimum atomic E-state index is 0.384. The first kappa shape index (κ1) is 12.4. The number of tetrazole rings is 1. The molecule has 3 rings (SSSR count). The zero-order valence-corrected chi connectivity index (χ0v) is 11.7. The number of nitrogens with zero attached hydrogens (tertiary/aromatic N) is 4. The number of hydrogen-bond donors (Lipinski definition) is 1. The van der Waals surface area contributed by atoms with E-state index >= 15 is 0 Å². The lowest BCUT2D eigenvalue weighted by Gasteiger charge is -2.09. The van der Waals surface area contributed by atoms with Gasteiger partial charge in [0.2, 0.25) is 0 Å². The van der Waals surface area contributed by atoms with Gasteiger partial charge >= 0.3 is 0 Å². The molecule has 5 nitrogen and oxygen atoms in total. The number of aromatic nitrogens is 4. The second-order valence-corrected chi connectivity index (χ2v) is 6.19. The van der Waals surface area contributed by atoms with E-state index in [1.807, 2.05) is 6.07 Å². The summed E-state index contributed by atoms with van der Waals surface area (Å²) < 4.78 is 1.80. The summed E-state index contributed by atoms with van der Waals surface area (Å²) in [6, 6.07) is 5.42. The van der Waals surface area contributed by atoms with Crippen LogP contribution in [-0.2, 0) is 6.54 Å². The van der Waals surface area contributed by atoms with Crippen molar-refractivity contribution in [2.45, 2.75) is 26.8 Å². The predicted octanol–water partition coefficient (Wildman–Crippen LogP) is 2.62. The molecule has 1 aromatic carbocycles. The largest absolute Gasteiger partial charge is 0.398 e. The molecule has 0 aliphatic heterocycles. The van der Waals surface area contributed by atoms with Crippen LogP contribution >= 0.6 is 11.6 Å². The molecule has 0 amide bonds. The van der Waals surface area contributed by atoms with Gasteiger partial charge in [-0.3, -0.25) is 0 Å². The zero-order valence-electron chi connectivity index (χ0n) is 11.0. The average Bonchev–Trinajstić information content (AvgIpc) is 2.71. The van der Waals surface area contributed by atoms with E-state index in [2.05, 4.69) is 29.4 Å². The van der Waals surface area contributed by atoms with E-state index in [9.17, 15) is 0 Å². The Balaban J connectivity index is 1.96. The van der Waals surface area contributed by atoms with E-state index in [0.717, 1.165) is 6.54 Å². The maximum Gasteiger partial charge on any atom is 0.185 e. The highest BCUT2D eigenvalue weighted by Crippen LogP contribution is 2.52. The van der Waals surface area contributed by atoms with Crippen LogP contribution in [0.2, 0.25) is 5.02 Å². The van der Waals surface area contributed by atoms with Gasteiger partial charge in [0, 0.05) is 12.2 Å². The number of nitrogen functional groups attached to an aromatic ring is 1. The number of anilines is 1. The molecule has 0 spiro atoms. The van der Waals surface area contributed by atoms with Gasteiger partial charge < -0.3 is 5.73 Å². The van der Waals surface area contributed by atoms with Gasteiger partial charge in [-0.1, -0.05) is 31.5 Å². The summed E-state index contributed by atoms with van der Waals surface area (Å²) in [6.45, 7) is 5.32. The monoisotopic (exact) mass is 277 g/mol. The maximum atomic E-state index is 6.21. The van der Waals surface area contributed by atoms with Crippen molar-refractivity contribution < 1.29 is 0 Å². The Labute approximate surface area is 116 Å². The average molecular weight is 278 g/mol. The third-order valence-corrected chi connectivity index (χ3v) is 4.23. The number of hydrogen-bond acceptors (Lipinski definition) is 4. The van der Waals surface area contributed by atoms with Crippen LogP contribution in [0.3, 0.4) is 0 Å². The smallest absolute Gasteiger partial charge is 0.185 e. The molecular weight excluding hydrogens is 262 g/mol. The normalized spacial score (nSPS) is 20.5. The van der Waals surface area contributed by atoms with Gasteiger partial charge in [-0.05, 0) is 40.3 Å². The van der Waals surface area contributed by atoms with Gasteiger partial charge in [-0.2, -0.15) is 0 Å². The molecule has 0 radical (unpaired) electrons. The highest BCUT2D eigenvalue weighted by atomic mass is 35.5. The van der Waals surface area contributed by atoms with E-state index in [4.69, 9.17) is 17.3 Å². The van der Waals surface area contributed by atoms with Crippen molar-refractivity contribution in [1.82, 2.24) is 20.2 Å². The third-order valence-electron chi connectivity index (χ3n) is 3.91. The lowest BCUT2D eigenvalue weighted by Crippen LogP contribution is -2.08. The van der Waals surface area contributed by atoms with Crippen LogP contribution in [0.15, 0.2) is 18.2 Å². The Morgan fingerprint density at radius 2 is 2.21 bits per heavy atom. The number of halogens is 1. The van der Waals surface area contributed by atoms with Gasteiger partial charge in [0.15, 0.2) is 5.82 Å². The van der Waals surface area contributed by atoms with E-state index in [0.29, 0.717) is 33.4 Å². The summed E-state index contributed by atoms with van der Waals surface area (Å²) >= 11 is 6.21. The van der Waals surface area contributed by atoms with Crippen molar-refractivity contribution in [3.8, 4) is 11.4 Å². The third kappa shape index (κ3) is 2.18. The molecule has 19 heavy (non-hydrogen) atoms. The van der Waals surface area contributed by atoms with Gasteiger partial charge in [-0.25, -0.2) is 4.68 Å². The quantitative estimate of drug-likeness (QED) is 0.876. The molecule has 0 bridgehead atoms. The Bertz CT molecular complexity index is 599. The topological polar surface area (TPSA) is 69.6 Å². The SMILES string of the molecule is CC1(C)CC1Cn1nnnc1-c1c(N)cccc1Cl. The van der Waals surface area contributed by atoms with Crippen LogP contribution in [0.4, 0.5) is 5.69 Å². The molecule has 1 atom stereocenters. The number of rotatable bonds is 3. The molecule has 2 aromatic rings. The van der Waals surface area contributed by atoms with E-state index < -0.39 is 0 Å². The summed E-state index contributed by atoms with van der Waals surface area (Å²) in [6.07, 6.45) is 1.20. The van der Waals surface area contributed by atoms with E-state index in [1.165, 1.54) is 6.42 Å². The fraction of sp³-hybridized carbons (Fsp3) is 0.462. The maximum absolute atomic E-state index is 6.21. The van der Waals surface area contributed by atoms with Gasteiger partial charge in [-0.15, -0.1) is 5.10 Å². The van der Waals surface area contributed by atoms with Gasteiger partial charge in [0.05, 0.1) is 10.6 Å². The van der Waals surface area contributed by atoms with Crippen molar-refractivity contribution in [3.05, 3.63) is 23.2 Å². The van der Waals surface area contributed by atoms with Crippen molar-refractivity contribution in [2.24, 2.45) is 11.3 Å². The summed E-state index contributed by atoms with van der Waals surface area (Å²) in [7, 11) is 0. The highest BCUT2D eigenvalue weighted by Gasteiger charge is 2.46. The zero-order chi connectivity index (χ0) is 13.6. The van der Waals surface area contributed by atoms with Crippen LogP contribution < -0.4 is 5.73 Å². The van der Waals surface area contributed by atoms with Crippen LogP contribution in [0.5, 0.6) is 0 Å². The van der Waals surface area contributed by atoms with Gasteiger partial charge in [0.1, 0.15) is 0 Å². The first-order valence-corrected chi connectivity index (χ1v) is 6.67. The lowest BCUT2D eigenvalue weighted by atomic mass is 10.1. The number of benzene rings is 1. The van der Waals surface area contributed by atoms with Gasteiger partial charge in [0.25, 0.3) is 0 Å². The fourth-order valence-electron chi connectivity index (χ4n) is 2.38. The second-order valence-electron chi connectivity index (χ2n) is 5.78. The van der Waals surface area contributed by atoms with E-state index in [-0.39, 0.29) is 0 Å². The molecular formula is C13H16ClN5. The predicted molar refractivity (Wildman–Crippen MR) is 74.6 cm³/mol. The molecule has 1 fully saturated rings. The second kappa shape index (κ2) is 4.20. The molecule has 0 saturated heterocycles. The fourth-order valence-corrected chi connectivity index (χ4v) is 2.65. The summed E-state index contributed by atoms with van der Waals surface area (Å²) in [5.74, 6) is 1.25. The molecule has 1 heterocycles. The van der Waals surface area contributed by atoms with Crippen LogP contribution in [0.1, 0.15) is 20.3 Å². The Kier molecular flexibility index (Phi) is 2.74. The molecule has 1 aromatic heterocycles. The molecule has 1 aliphatic rings. The highest BCUT2D eigenvalue weighted by molar-refractivity contribution is 6.33.